The Bertz CT molecular complexity index is 363. The first-order chi connectivity index (χ1) is 6.57. The molecule has 0 aliphatic rings. The van der Waals surface area contributed by atoms with Crippen LogP contribution in [0.2, 0.25) is 5.02 Å². The summed E-state index contributed by atoms with van der Waals surface area (Å²) in [4.78, 5) is 11.3. The van der Waals surface area contributed by atoms with E-state index in [0.29, 0.717) is 22.9 Å². The highest BCUT2D eigenvalue weighted by atomic mass is 127. The third-order valence-corrected chi connectivity index (χ3v) is 3.09. The van der Waals surface area contributed by atoms with Gasteiger partial charge in [-0.1, -0.05) is 11.6 Å². The molecule has 1 rings (SSSR count). The van der Waals surface area contributed by atoms with Crippen LogP contribution in [0, 0.1) is 3.57 Å². The van der Waals surface area contributed by atoms with E-state index >= 15 is 0 Å². The van der Waals surface area contributed by atoms with Crippen molar-refractivity contribution in [3.8, 4) is 5.75 Å². The summed E-state index contributed by atoms with van der Waals surface area (Å²) < 4.78 is 6.15. The predicted molar refractivity (Wildman–Crippen MR) is 65.3 cm³/mol. The molecule has 1 aromatic carbocycles. The van der Waals surface area contributed by atoms with Crippen molar-refractivity contribution in [2.75, 3.05) is 6.61 Å². The Morgan fingerprint density at radius 3 is 2.71 bits per heavy atom. The fourth-order valence-electron chi connectivity index (χ4n) is 1.12. The average Bonchev–Trinajstić information content (AvgIpc) is 2.10. The Kier molecular flexibility index (Phi) is 4.19. The number of carbonyl (C=O) groups excluding carboxylic acids is 1. The van der Waals surface area contributed by atoms with E-state index < -0.39 is 0 Å². The van der Waals surface area contributed by atoms with Crippen LogP contribution >= 0.6 is 34.2 Å². The van der Waals surface area contributed by atoms with E-state index in [4.69, 9.17) is 16.3 Å². The number of hydrogen-bond donors (Lipinski definition) is 0. The minimum absolute atomic E-state index is 0.0408. The molecule has 0 saturated heterocycles. The maximum absolute atomic E-state index is 11.3. The van der Waals surface area contributed by atoms with Gasteiger partial charge in [0.2, 0.25) is 0 Å². The van der Waals surface area contributed by atoms with Crippen molar-refractivity contribution in [3.05, 3.63) is 26.3 Å². The fraction of sp³-hybridized carbons (Fsp3) is 0.300. The summed E-state index contributed by atoms with van der Waals surface area (Å²) >= 11 is 7.99. The first-order valence-corrected chi connectivity index (χ1v) is 5.65. The molecule has 0 fully saturated rings. The molecule has 0 N–H and O–H groups in total. The zero-order valence-electron chi connectivity index (χ0n) is 7.93. The summed E-state index contributed by atoms with van der Waals surface area (Å²) in [6.45, 7) is 3.98. The van der Waals surface area contributed by atoms with Crippen molar-refractivity contribution in [2.45, 2.75) is 13.8 Å². The molecule has 0 bridgehead atoms. The van der Waals surface area contributed by atoms with Gasteiger partial charge in [-0.05, 0) is 48.6 Å². The third-order valence-electron chi connectivity index (χ3n) is 1.71. The summed E-state index contributed by atoms with van der Waals surface area (Å²) in [5.74, 6) is 0.670. The zero-order chi connectivity index (χ0) is 10.7. The molecular weight excluding hydrogens is 314 g/mol. The Balaban J connectivity index is 3.26. The summed E-state index contributed by atoms with van der Waals surface area (Å²) in [6.07, 6.45) is 0. The van der Waals surface area contributed by atoms with Gasteiger partial charge in [0, 0.05) is 0 Å². The van der Waals surface area contributed by atoms with Gasteiger partial charge in [-0.2, -0.15) is 0 Å². The van der Waals surface area contributed by atoms with Crippen molar-refractivity contribution in [1.82, 2.24) is 0 Å². The number of rotatable bonds is 3. The first-order valence-electron chi connectivity index (χ1n) is 4.19. The number of ketones is 1. The second-order valence-electron chi connectivity index (χ2n) is 2.72. The second-order valence-corrected chi connectivity index (χ2v) is 4.21. The molecule has 0 spiro atoms. The molecule has 0 radical (unpaired) electrons. The molecule has 76 valence electrons. The van der Waals surface area contributed by atoms with Crippen molar-refractivity contribution in [2.24, 2.45) is 0 Å². The van der Waals surface area contributed by atoms with Crippen LogP contribution in [-0.2, 0) is 0 Å². The van der Waals surface area contributed by atoms with Crippen LogP contribution in [0.3, 0.4) is 0 Å². The minimum atomic E-state index is -0.0408. The molecule has 0 aliphatic carbocycles. The van der Waals surface area contributed by atoms with Crippen LogP contribution in [0.5, 0.6) is 5.75 Å². The van der Waals surface area contributed by atoms with Crippen molar-refractivity contribution >= 4 is 40.0 Å². The fourth-order valence-corrected chi connectivity index (χ4v) is 2.58. The molecule has 0 heterocycles. The van der Waals surface area contributed by atoms with Gasteiger partial charge >= 0.3 is 0 Å². The molecule has 0 aliphatic heterocycles. The molecule has 0 amide bonds. The van der Waals surface area contributed by atoms with E-state index in [1.54, 1.807) is 12.1 Å². The van der Waals surface area contributed by atoms with Crippen LogP contribution in [0.25, 0.3) is 0 Å². The number of hydrogen-bond acceptors (Lipinski definition) is 2. The highest BCUT2D eigenvalue weighted by Crippen LogP contribution is 2.30. The molecular formula is C10H10ClIO2. The SMILES string of the molecule is CCOc1ccc(Cl)c(C(C)=O)c1I. The second kappa shape index (κ2) is 4.98. The Morgan fingerprint density at radius 1 is 1.57 bits per heavy atom. The number of ether oxygens (including phenoxy) is 1. The lowest BCUT2D eigenvalue weighted by atomic mass is 10.1. The largest absolute Gasteiger partial charge is 0.493 e. The quantitative estimate of drug-likeness (QED) is 0.628. The van der Waals surface area contributed by atoms with E-state index in [2.05, 4.69) is 22.6 Å². The lowest BCUT2D eigenvalue weighted by Gasteiger charge is -2.09. The molecule has 0 aromatic heterocycles. The molecule has 14 heavy (non-hydrogen) atoms. The van der Waals surface area contributed by atoms with E-state index in [1.807, 2.05) is 6.92 Å². The highest BCUT2D eigenvalue weighted by molar-refractivity contribution is 14.1. The molecule has 2 nitrogen and oxygen atoms in total. The van der Waals surface area contributed by atoms with Gasteiger partial charge in [-0.25, -0.2) is 0 Å². The van der Waals surface area contributed by atoms with Gasteiger partial charge < -0.3 is 4.74 Å². The number of Topliss-reactive ketones (excluding diaryl/α,β-unsaturated/α-hetero) is 1. The lowest BCUT2D eigenvalue weighted by molar-refractivity contribution is 0.101. The standard InChI is InChI=1S/C10H10ClIO2/c1-3-14-8-5-4-7(11)9(6(2)13)10(8)12/h4-5H,3H2,1-2H3. The lowest BCUT2D eigenvalue weighted by Crippen LogP contribution is -2.01. The molecule has 0 saturated carbocycles. The van der Waals surface area contributed by atoms with Crippen LogP contribution in [0.4, 0.5) is 0 Å². The van der Waals surface area contributed by atoms with E-state index in [9.17, 15) is 4.79 Å². The van der Waals surface area contributed by atoms with Crippen molar-refractivity contribution < 1.29 is 9.53 Å². The van der Waals surface area contributed by atoms with E-state index in [0.717, 1.165) is 3.57 Å². The van der Waals surface area contributed by atoms with Crippen molar-refractivity contribution in [3.63, 3.8) is 0 Å². The van der Waals surface area contributed by atoms with Crippen LogP contribution in [0.15, 0.2) is 12.1 Å². The molecule has 0 unspecified atom stereocenters. The van der Waals surface area contributed by atoms with E-state index in [1.165, 1.54) is 6.92 Å². The first kappa shape index (κ1) is 11.8. The Morgan fingerprint density at radius 2 is 2.21 bits per heavy atom. The normalized spacial score (nSPS) is 10.0. The number of halogens is 2. The number of benzene rings is 1. The summed E-state index contributed by atoms with van der Waals surface area (Å²) in [5, 5.41) is 0.477. The Labute approximate surface area is 102 Å². The van der Waals surface area contributed by atoms with Gasteiger partial charge in [-0.15, -0.1) is 0 Å². The van der Waals surface area contributed by atoms with Gasteiger partial charge in [0.25, 0.3) is 0 Å². The molecule has 0 atom stereocenters. The monoisotopic (exact) mass is 324 g/mol. The summed E-state index contributed by atoms with van der Waals surface area (Å²) in [6, 6.07) is 3.46. The van der Waals surface area contributed by atoms with Gasteiger partial charge in [0.15, 0.2) is 5.78 Å². The highest BCUT2D eigenvalue weighted by Gasteiger charge is 2.14. The third kappa shape index (κ3) is 2.39. The Hall–Kier alpha value is -0.290. The minimum Gasteiger partial charge on any atom is -0.493 e. The molecule has 1 aromatic rings. The predicted octanol–water partition coefficient (Wildman–Crippen LogP) is 3.55. The van der Waals surface area contributed by atoms with Gasteiger partial charge in [0.05, 0.1) is 20.8 Å². The van der Waals surface area contributed by atoms with Crippen molar-refractivity contribution in [1.29, 1.82) is 0 Å². The summed E-state index contributed by atoms with van der Waals surface area (Å²) in [7, 11) is 0. The molecule has 4 heteroatoms. The summed E-state index contributed by atoms with van der Waals surface area (Å²) in [5.41, 5.74) is 0.540. The zero-order valence-corrected chi connectivity index (χ0v) is 10.8. The van der Waals surface area contributed by atoms with Crippen LogP contribution in [-0.4, -0.2) is 12.4 Å². The maximum atomic E-state index is 11.3. The van der Waals surface area contributed by atoms with Crippen LogP contribution < -0.4 is 4.74 Å². The topological polar surface area (TPSA) is 26.3 Å². The number of carbonyl (C=O) groups is 1. The van der Waals surface area contributed by atoms with Gasteiger partial charge in [0.1, 0.15) is 5.75 Å². The van der Waals surface area contributed by atoms with Gasteiger partial charge in [-0.3, -0.25) is 4.79 Å². The van der Waals surface area contributed by atoms with E-state index in [-0.39, 0.29) is 5.78 Å². The smallest absolute Gasteiger partial charge is 0.162 e. The van der Waals surface area contributed by atoms with Crippen LogP contribution in [0.1, 0.15) is 24.2 Å². The maximum Gasteiger partial charge on any atom is 0.162 e. The average molecular weight is 325 g/mol.